The molecule has 0 radical (unpaired) electrons. The summed E-state index contributed by atoms with van der Waals surface area (Å²) >= 11 is 0. The molecule has 0 aromatic heterocycles. The summed E-state index contributed by atoms with van der Waals surface area (Å²) in [5.41, 5.74) is -3.27. The Labute approximate surface area is 231 Å². The largest absolute Gasteiger partial charge is 0.465 e. The van der Waals surface area contributed by atoms with Gasteiger partial charge in [-0.15, -0.1) is 0 Å². The summed E-state index contributed by atoms with van der Waals surface area (Å²) in [6, 6.07) is 3.59. The quantitative estimate of drug-likeness (QED) is 0.424. The molecular weight excluding hydrogens is 563 g/mol. The van der Waals surface area contributed by atoms with Crippen LogP contribution in [0.4, 0.5) is 46.0 Å². The summed E-state index contributed by atoms with van der Waals surface area (Å²) < 4.78 is 99.9. The fraction of sp³-hybridized carbons (Fsp3) is 0.481. The van der Waals surface area contributed by atoms with Crippen LogP contribution in [0.25, 0.3) is 0 Å². The molecule has 7 nitrogen and oxygen atoms in total. The normalized spacial score (nSPS) is 22.1. The van der Waals surface area contributed by atoms with Gasteiger partial charge in [-0.05, 0) is 54.7 Å². The van der Waals surface area contributed by atoms with Crippen LogP contribution in [-0.4, -0.2) is 73.0 Å². The zero-order valence-corrected chi connectivity index (χ0v) is 22.0. The van der Waals surface area contributed by atoms with Crippen molar-refractivity contribution in [2.75, 3.05) is 38.8 Å². The number of likely N-dealkylation sites (N-methyl/N-ethyl adjacent to an activating group) is 1. The van der Waals surface area contributed by atoms with E-state index in [0.717, 1.165) is 11.9 Å². The minimum absolute atomic E-state index is 0.0288. The van der Waals surface area contributed by atoms with E-state index in [1.54, 1.807) is 0 Å². The molecule has 0 saturated carbocycles. The Morgan fingerprint density at radius 3 is 1.95 bits per heavy atom. The number of urea groups is 1. The second-order valence-corrected chi connectivity index (χ2v) is 10.2. The van der Waals surface area contributed by atoms with Gasteiger partial charge in [-0.1, -0.05) is 12.1 Å². The van der Waals surface area contributed by atoms with Crippen LogP contribution in [0, 0.1) is 11.7 Å². The van der Waals surface area contributed by atoms with Gasteiger partial charge in [0.1, 0.15) is 5.82 Å². The molecule has 14 heteroatoms. The highest BCUT2D eigenvalue weighted by molar-refractivity contribution is 5.92. The van der Waals surface area contributed by atoms with E-state index in [-0.39, 0.29) is 18.5 Å². The van der Waals surface area contributed by atoms with Crippen LogP contribution in [0.3, 0.4) is 0 Å². The SMILES string of the molecule is CN(C(=O)N(C)[C@@H]1C(C2CCOCC2)N(C(=O)O)C[C@H]1c1ccc(F)cc1)c1cc(C(F)(F)F)cc(C(F)(F)F)c1. The Balaban J connectivity index is 1.76. The van der Waals surface area contributed by atoms with Gasteiger partial charge in [-0.25, -0.2) is 14.0 Å². The van der Waals surface area contributed by atoms with Gasteiger partial charge >= 0.3 is 24.5 Å². The third-order valence-electron chi connectivity index (χ3n) is 7.80. The molecule has 2 aromatic carbocycles. The molecule has 1 unspecified atom stereocenters. The number of halogens is 7. The highest BCUT2D eigenvalue weighted by atomic mass is 19.4. The Bertz CT molecular complexity index is 1230. The lowest BCUT2D eigenvalue weighted by atomic mass is 9.82. The lowest BCUT2D eigenvalue weighted by Gasteiger charge is -2.41. The van der Waals surface area contributed by atoms with Gasteiger partial charge < -0.3 is 19.6 Å². The smallest absolute Gasteiger partial charge is 0.416 e. The summed E-state index contributed by atoms with van der Waals surface area (Å²) in [6.07, 6.45) is -10.5. The predicted molar refractivity (Wildman–Crippen MR) is 133 cm³/mol. The number of hydrogen-bond acceptors (Lipinski definition) is 3. The minimum atomic E-state index is -5.11. The fourth-order valence-electron chi connectivity index (χ4n) is 5.78. The molecule has 0 spiro atoms. The first-order valence-corrected chi connectivity index (χ1v) is 12.7. The number of likely N-dealkylation sites (tertiary alicyclic amines) is 1. The van der Waals surface area contributed by atoms with Gasteiger partial charge in [0, 0.05) is 45.5 Å². The van der Waals surface area contributed by atoms with Gasteiger partial charge in [-0.2, -0.15) is 26.3 Å². The van der Waals surface area contributed by atoms with Crippen molar-refractivity contribution in [3.63, 3.8) is 0 Å². The lowest BCUT2D eigenvalue weighted by molar-refractivity contribution is -0.143. The Morgan fingerprint density at radius 1 is 0.927 bits per heavy atom. The van der Waals surface area contributed by atoms with Crippen molar-refractivity contribution in [2.24, 2.45) is 5.92 Å². The molecule has 2 heterocycles. The van der Waals surface area contributed by atoms with Crippen molar-refractivity contribution in [1.29, 1.82) is 0 Å². The first-order chi connectivity index (χ1) is 19.1. The molecule has 224 valence electrons. The number of alkyl halides is 6. The number of nitrogens with zero attached hydrogens (tertiary/aromatic N) is 3. The average molecular weight is 592 g/mol. The number of carbonyl (C=O) groups excluding carboxylic acids is 1. The van der Waals surface area contributed by atoms with E-state index < -0.39 is 65.1 Å². The number of rotatable bonds is 4. The second-order valence-electron chi connectivity index (χ2n) is 10.2. The maximum Gasteiger partial charge on any atom is 0.416 e. The van der Waals surface area contributed by atoms with Crippen molar-refractivity contribution < 1.29 is 50.2 Å². The molecule has 3 atom stereocenters. The molecule has 4 rings (SSSR count). The number of amides is 3. The molecule has 2 saturated heterocycles. The van der Waals surface area contributed by atoms with Crippen molar-refractivity contribution in [3.05, 3.63) is 65.0 Å². The maximum absolute atomic E-state index is 13.7. The number of anilines is 1. The van der Waals surface area contributed by atoms with Crippen LogP contribution in [-0.2, 0) is 17.1 Å². The summed E-state index contributed by atoms with van der Waals surface area (Å²) in [5.74, 6) is -1.44. The van der Waals surface area contributed by atoms with Gasteiger partial charge in [0.15, 0.2) is 0 Å². The van der Waals surface area contributed by atoms with Gasteiger partial charge in [-0.3, -0.25) is 4.90 Å². The number of carboxylic acid groups (broad SMARTS) is 1. The standard InChI is InChI=1S/C27H28F7N3O4/c1-35(20-12-17(26(29,30)31)11-18(13-20)27(32,33)34)24(38)36(2)23-21(15-3-5-19(28)6-4-15)14-37(25(39)40)22(23)16-7-9-41-10-8-16/h3-6,11-13,16,21-23H,7-10,14H2,1-2H3,(H,39,40)/t21-,22?,23-/m0/s1. The third-order valence-corrected chi connectivity index (χ3v) is 7.80. The first kappa shape index (κ1) is 30.4. The maximum atomic E-state index is 13.7. The third kappa shape index (κ3) is 6.36. The predicted octanol–water partition coefficient (Wildman–Crippen LogP) is 6.29. The van der Waals surface area contributed by atoms with E-state index in [1.165, 1.54) is 36.2 Å². The Hall–Kier alpha value is -3.55. The molecule has 0 bridgehead atoms. The zero-order valence-electron chi connectivity index (χ0n) is 22.0. The highest BCUT2D eigenvalue weighted by Gasteiger charge is 2.51. The monoisotopic (exact) mass is 591 g/mol. The van der Waals surface area contributed by atoms with E-state index in [2.05, 4.69) is 0 Å². The first-order valence-electron chi connectivity index (χ1n) is 12.7. The number of hydrogen-bond donors (Lipinski definition) is 1. The van der Waals surface area contributed by atoms with E-state index in [9.17, 15) is 45.4 Å². The van der Waals surface area contributed by atoms with Gasteiger partial charge in [0.25, 0.3) is 0 Å². The van der Waals surface area contributed by atoms with Crippen LogP contribution < -0.4 is 4.90 Å². The van der Waals surface area contributed by atoms with E-state index in [1.807, 2.05) is 0 Å². The molecular formula is C27H28F7N3O4. The van der Waals surface area contributed by atoms with Gasteiger partial charge in [0.2, 0.25) is 0 Å². The molecule has 2 fully saturated rings. The molecule has 2 aliphatic rings. The Morgan fingerprint density at radius 2 is 1.46 bits per heavy atom. The van der Waals surface area contributed by atoms with Crippen LogP contribution >= 0.6 is 0 Å². The van der Waals surface area contributed by atoms with E-state index in [4.69, 9.17) is 4.74 Å². The van der Waals surface area contributed by atoms with E-state index >= 15 is 0 Å². The van der Waals surface area contributed by atoms with Crippen molar-refractivity contribution in [2.45, 2.75) is 43.2 Å². The summed E-state index contributed by atoms with van der Waals surface area (Å²) in [5, 5.41) is 10.1. The summed E-state index contributed by atoms with van der Waals surface area (Å²) in [4.78, 5) is 29.1. The number of ether oxygens (including phenoxy) is 1. The number of carbonyl (C=O) groups is 2. The minimum Gasteiger partial charge on any atom is -0.465 e. The van der Waals surface area contributed by atoms with Crippen LogP contribution in [0.2, 0.25) is 0 Å². The fourth-order valence-corrected chi connectivity index (χ4v) is 5.78. The molecule has 41 heavy (non-hydrogen) atoms. The molecule has 1 N–H and O–H groups in total. The summed E-state index contributed by atoms with van der Waals surface area (Å²) in [7, 11) is 2.38. The summed E-state index contributed by atoms with van der Waals surface area (Å²) in [6.45, 7) is 0.645. The molecule has 2 aliphatic heterocycles. The average Bonchev–Trinajstić information content (AvgIpc) is 3.32. The highest BCUT2D eigenvalue weighted by Crippen LogP contribution is 2.42. The van der Waals surface area contributed by atoms with Crippen molar-refractivity contribution in [3.8, 4) is 0 Å². The van der Waals surface area contributed by atoms with Gasteiger partial charge in [0.05, 0.1) is 23.2 Å². The van der Waals surface area contributed by atoms with Crippen LogP contribution in [0.15, 0.2) is 42.5 Å². The molecule has 2 aromatic rings. The second kappa shape index (κ2) is 11.4. The number of benzene rings is 2. The zero-order chi connectivity index (χ0) is 30.3. The molecule has 0 aliphatic carbocycles. The Kier molecular flexibility index (Phi) is 8.44. The van der Waals surface area contributed by atoms with E-state index in [0.29, 0.717) is 48.7 Å². The van der Waals surface area contributed by atoms with Crippen LogP contribution in [0.1, 0.15) is 35.4 Å². The van der Waals surface area contributed by atoms with Crippen molar-refractivity contribution >= 4 is 17.8 Å². The van der Waals surface area contributed by atoms with Crippen molar-refractivity contribution in [1.82, 2.24) is 9.80 Å². The lowest BCUT2D eigenvalue weighted by Crippen LogP contribution is -2.55. The molecule has 3 amide bonds. The van der Waals surface area contributed by atoms with Crippen LogP contribution in [0.5, 0.6) is 0 Å². The topological polar surface area (TPSA) is 73.3 Å².